The molecule has 1 heterocycles. The minimum atomic E-state index is -3.81. The van der Waals surface area contributed by atoms with Gasteiger partial charge in [-0.05, 0) is 56.6 Å². The number of carbonyl (C=O) groups is 1. The molecular formula is C24H31FN4O5S2. The number of anilines is 1. The van der Waals surface area contributed by atoms with Crippen molar-refractivity contribution >= 4 is 42.6 Å². The number of ether oxygens (including phenoxy) is 2. The molecule has 0 spiro atoms. The smallest absolute Gasteiger partial charge is 0.260 e. The van der Waals surface area contributed by atoms with Gasteiger partial charge in [0.1, 0.15) is 5.82 Å². The SMILES string of the molecule is COCCN(CCOC)S(=O)(=O)c1ccc(C(=O)N(CCN(C)C)c2nc3ccc(F)cc3s2)cc1. The first-order chi connectivity index (χ1) is 17.2. The number of halogens is 1. The molecule has 0 aliphatic heterocycles. The van der Waals surface area contributed by atoms with Crippen molar-refractivity contribution in [2.45, 2.75) is 4.90 Å². The normalized spacial score (nSPS) is 12.1. The highest BCUT2D eigenvalue weighted by Crippen LogP contribution is 2.30. The number of fused-ring (bicyclic) bond motifs is 1. The molecule has 1 aromatic heterocycles. The number of likely N-dealkylation sites (N-methyl/N-ethyl adjacent to an activating group) is 1. The molecule has 2 aromatic carbocycles. The van der Waals surface area contributed by atoms with E-state index in [9.17, 15) is 17.6 Å². The van der Waals surface area contributed by atoms with Gasteiger partial charge in [-0.3, -0.25) is 9.69 Å². The lowest BCUT2D eigenvalue weighted by atomic mass is 10.2. The molecule has 0 bridgehead atoms. The van der Waals surface area contributed by atoms with E-state index >= 15 is 0 Å². The van der Waals surface area contributed by atoms with Crippen molar-refractivity contribution in [3.05, 3.63) is 53.8 Å². The van der Waals surface area contributed by atoms with Gasteiger partial charge < -0.3 is 14.4 Å². The number of thiazole rings is 1. The Labute approximate surface area is 215 Å². The van der Waals surface area contributed by atoms with Gasteiger partial charge >= 0.3 is 0 Å². The zero-order chi connectivity index (χ0) is 26.3. The predicted octanol–water partition coefficient (Wildman–Crippen LogP) is 2.93. The maximum absolute atomic E-state index is 13.7. The summed E-state index contributed by atoms with van der Waals surface area (Å²) in [4.78, 5) is 21.6. The van der Waals surface area contributed by atoms with Crippen molar-refractivity contribution in [3.8, 4) is 0 Å². The van der Waals surface area contributed by atoms with Gasteiger partial charge in [0.25, 0.3) is 5.91 Å². The minimum absolute atomic E-state index is 0.0709. The van der Waals surface area contributed by atoms with E-state index in [4.69, 9.17) is 9.47 Å². The van der Waals surface area contributed by atoms with Crippen LogP contribution in [-0.4, -0.2) is 96.2 Å². The summed E-state index contributed by atoms with van der Waals surface area (Å²) in [6, 6.07) is 10.1. The molecular weight excluding hydrogens is 507 g/mol. The topological polar surface area (TPSA) is 92.3 Å². The van der Waals surface area contributed by atoms with Crippen LogP contribution < -0.4 is 4.90 Å². The predicted molar refractivity (Wildman–Crippen MR) is 139 cm³/mol. The summed E-state index contributed by atoms with van der Waals surface area (Å²) < 4.78 is 52.0. The second kappa shape index (κ2) is 12.7. The van der Waals surface area contributed by atoms with Crippen molar-refractivity contribution < 1.29 is 27.1 Å². The molecule has 0 aliphatic carbocycles. The number of benzene rings is 2. The van der Waals surface area contributed by atoms with Crippen molar-refractivity contribution in [1.29, 1.82) is 0 Å². The molecule has 1 amide bonds. The first-order valence-corrected chi connectivity index (χ1v) is 13.5. The Morgan fingerprint density at radius 1 is 0.972 bits per heavy atom. The highest BCUT2D eigenvalue weighted by atomic mass is 32.2. The number of nitrogens with zero attached hydrogens (tertiary/aromatic N) is 4. The number of amides is 1. The average molecular weight is 539 g/mol. The van der Waals surface area contributed by atoms with Gasteiger partial charge in [-0.2, -0.15) is 4.31 Å². The third kappa shape index (κ3) is 6.84. The van der Waals surface area contributed by atoms with E-state index in [-0.39, 0.29) is 42.9 Å². The van der Waals surface area contributed by atoms with E-state index in [0.717, 1.165) is 0 Å². The Kier molecular flexibility index (Phi) is 9.88. The largest absolute Gasteiger partial charge is 0.383 e. The van der Waals surface area contributed by atoms with Gasteiger partial charge in [-0.25, -0.2) is 17.8 Å². The van der Waals surface area contributed by atoms with Crippen LogP contribution in [0.5, 0.6) is 0 Å². The summed E-state index contributed by atoms with van der Waals surface area (Å²) in [5, 5.41) is 0.449. The quantitative estimate of drug-likeness (QED) is 0.330. The maximum Gasteiger partial charge on any atom is 0.260 e. The third-order valence-corrected chi connectivity index (χ3v) is 8.37. The first-order valence-electron chi connectivity index (χ1n) is 11.3. The van der Waals surface area contributed by atoms with Crippen LogP contribution in [0.3, 0.4) is 0 Å². The number of hydrogen-bond donors (Lipinski definition) is 0. The van der Waals surface area contributed by atoms with Gasteiger partial charge in [-0.15, -0.1) is 0 Å². The van der Waals surface area contributed by atoms with Crippen molar-refractivity contribution in [3.63, 3.8) is 0 Å². The molecule has 0 aliphatic rings. The number of carbonyl (C=O) groups excluding carboxylic acids is 1. The summed E-state index contributed by atoms with van der Waals surface area (Å²) in [5.74, 6) is -0.693. The zero-order valence-electron chi connectivity index (χ0n) is 20.8. The van der Waals surface area contributed by atoms with Gasteiger partial charge in [0.15, 0.2) is 5.13 Å². The second-order valence-corrected chi connectivity index (χ2v) is 11.2. The molecule has 12 heteroatoms. The third-order valence-electron chi connectivity index (χ3n) is 5.41. The Balaban J connectivity index is 1.89. The fourth-order valence-corrected chi connectivity index (χ4v) is 5.82. The van der Waals surface area contributed by atoms with Crippen LogP contribution in [0.25, 0.3) is 10.2 Å². The Hall–Kier alpha value is -2.48. The van der Waals surface area contributed by atoms with E-state index in [0.29, 0.717) is 34.0 Å². The number of sulfonamides is 1. The standard InChI is InChI=1S/C24H31FN4O5S2/c1-27(2)11-12-29(24-26-21-10-7-19(25)17-22(21)35-24)23(30)18-5-8-20(9-6-18)36(31,32)28(13-15-33-3)14-16-34-4/h5-10,17H,11-16H2,1-4H3. The monoisotopic (exact) mass is 538 g/mol. The number of methoxy groups -OCH3 is 2. The van der Waals surface area contributed by atoms with Gasteiger partial charge in [0, 0.05) is 46.0 Å². The van der Waals surface area contributed by atoms with E-state index in [2.05, 4.69) is 4.98 Å². The van der Waals surface area contributed by atoms with Crippen LogP contribution in [0.2, 0.25) is 0 Å². The first kappa shape index (κ1) is 28.1. The molecule has 36 heavy (non-hydrogen) atoms. The number of hydrogen-bond acceptors (Lipinski definition) is 8. The van der Waals surface area contributed by atoms with Gasteiger partial charge in [-0.1, -0.05) is 11.3 Å². The summed E-state index contributed by atoms with van der Waals surface area (Å²) in [7, 11) is 3.00. The Morgan fingerprint density at radius 3 is 2.19 bits per heavy atom. The molecule has 0 unspecified atom stereocenters. The van der Waals surface area contributed by atoms with Gasteiger partial charge in [0.05, 0.1) is 28.3 Å². The van der Waals surface area contributed by atoms with Crippen LogP contribution >= 0.6 is 11.3 Å². The second-order valence-electron chi connectivity index (χ2n) is 8.28. The molecule has 196 valence electrons. The fraction of sp³-hybridized carbons (Fsp3) is 0.417. The van der Waals surface area contributed by atoms with E-state index in [1.165, 1.54) is 71.2 Å². The molecule has 0 fully saturated rings. The highest BCUT2D eigenvalue weighted by Gasteiger charge is 2.26. The van der Waals surface area contributed by atoms with Crippen LogP contribution in [0, 0.1) is 5.82 Å². The van der Waals surface area contributed by atoms with Crippen molar-refractivity contribution in [2.24, 2.45) is 0 Å². The van der Waals surface area contributed by atoms with Crippen LogP contribution in [0.15, 0.2) is 47.4 Å². The molecule has 0 saturated carbocycles. The average Bonchev–Trinajstić information content (AvgIpc) is 3.26. The van der Waals surface area contributed by atoms with Crippen LogP contribution in [0.4, 0.5) is 9.52 Å². The van der Waals surface area contributed by atoms with Crippen LogP contribution in [0.1, 0.15) is 10.4 Å². The molecule has 0 radical (unpaired) electrons. The highest BCUT2D eigenvalue weighted by molar-refractivity contribution is 7.89. The minimum Gasteiger partial charge on any atom is -0.383 e. The number of rotatable bonds is 13. The summed E-state index contributed by atoms with van der Waals surface area (Å²) >= 11 is 1.23. The van der Waals surface area contributed by atoms with Crippen LogP contribution in [-0.2, 0) is 19.5 Å². The molecule has 3 aromatic rings. The molecule has 3 rings (SSSR count). The van der Waals surface area contributed by atoms with Crippen molar-refractivity contribution in [1.82, 2.24) is 14.2 Å². The zero-order valence-corrected chi connectivity index (χ0v) is 22.4. The lowest BCUT2D eigenvalue weighted by Crippen LogP contribution is -2.37. The molecule has 9 nitrogen and oxygen atoms in total. The molecule has 0 atom stereocenters. The Bertz CT molecular complexity index is 1260. The lowest BCUT2D eigenvalue weighted by molar-refractivity contribution is 0.0985. The van der Waals surface area contributed by atoms with Crippen molar-refractivity contribution in [2.75, 3.05) is 72.6 Å². The summed E-state index contributed by atoms with van der Waals surface area (Å²) in [6.45, 7) is 1.78. The molecule has 0 saturated heterocycles. The summed E-state index contributed by atoms with van der Waals surface area (Å²) in [6.07, 6.45) is 0. The lowest BCUT2D eigenvalue weighted by Gasteiger charge is -2.23. The molecule has 0 N–H and O–H groups in total. The fourth-order valence-electron chi connectivity index (χ4n) is 3.40. The van der Waals surface area contributed by atoms with E-state index in [1.807, 2.05) is 19.0 Å². The Morgan fingerprint density at radius 2 is 1.61 bits per heavy atom. The van der Waals surface area contributed by atoms with E-state index < -0.39 is 10.0 Å². The van der Waals surface area contributed by atoms with Gasteiger partial charge in [0.2, 0.25) is 10.0 Å². The number of aromatic nitrogens is 1. The maximum atomic E-state index is 13.7. The summed E-state index contributed by atoms with van der Waals surface area (Å²) in [5.41, 5.74) is 0.922. The van der Waals surface area contributed by atoms with E-state index in [1.54, 1.807) is 6.07 Å².